The zero-order chi connectivity index (χ0) is 26.8. The highest BCUT2D eigenvalue weighted by Gasteiger charge is 2.41. The Labute approximate surface area is 237 Å². The third-order valence-corrected chi connectivity index (χ3v) is 8.77. The third kappa shape index (κ3) is 5.15. The smallest absolute Gasteiger partial charge is 0.234 e. The van der Waals surface area contributed by atoms with Crippen molar-refractivity contribution >= 4 is 68.8 Å². The number of ketones is 1. The number of nitrogens with zero attached hydrogens (tertiary/aromatic N) is 4. The van der Waals surface area contributed by atoms with Crippen LogP contribution in [0.25, 0.3) is 0 Å². The maximum absolute atomic E-state index is 13.2. The van der Waals surface area contributed by atoms with Crippen molar-refractivity contribution in [3.63, 3.8) is 0 Å². The molecule has 5 rings (SSSR count). The molecular weight excluding hydrogens is 563 g/mol. The van der Waals surface area contributed by atoms with Crippen LogP contribution in [0, 0.1) is 11.3 Å². The second-order valence-electron chi connectivity index (χ2n) is 8.54. The SMILES string of the molecule is N#CC1=C(N)N(c2nnc(SCC(=O)Nc3cccc(Cl)c3)s2)C2=C(C(=O)CCC2)C1c1ccccc1Cl. The molecule has 1 unspecified atom stereocenters. The monoisotopic (exact) mass is 582 g/mol. The fourth-order valence-corrected chi connectivity index (χ4v) is 6.68. The van der Waals surface area contributed by atoms with E-state index in [0.717, 1.165) is 0 Å². The first-order valence-electron chi connectivity index (χ1n) is 11.6. The zero-order valence-corrected chi connectivity index (χ0v) is 22.9. The highest BCUT2D eigenvalue weighted by Crippen LogP contribution is 2.48. The summed E-state index contributed by atoms with van der Waals surface area (Å²) >= 11 is 14.9. The van der Waals surface area contributed by atoms with Gasteiger partial charge in [-0.2, -0.15) is 5.26 Å². The van der Waals surface area contributed by atoms with Gasteiger partial charge in [0, 0.05) is 33.4 Å². The standard InChI is InChI=1S/C26H20Cl2N6O2S2/c27-14-5-3-6-15(11-14)31-21(36)13-37-26-33-32-25(38-26)34-19-9-4-10-20(35)23(19)22(17(12-29)24(34)30)16-7-1-2-8-18(16)28/h1-3,5-8,11,22H,4,9-10,13,30H2,(H,31,36). The predicted octanol–water partition coefficient (Wildman–Crippen LogP) is 5.88. The molecule has 1 aliphatic heterocycles. The Morgan fingerprint density at radius 2 is 2.03 bits per heavy atom. The number of allylic oxidation sites excluding steroid dienone is 3. The van der Waals surface area contributed by atoms with Gasteiger partial charge in [0.15, 0.2) is 10.1 Å². The number of nitrogens with one attached hydrogen (secondary N) is 1. The van der Waals surface area contributed by atoms with Crippen LogP contribution in [0.2, 0.25) is 10.0 Å². The zero-order valence-electron chi connectivity index (χ0n) is 19.8. The number of hydrogen-bond acceptors (Lipinski definition) is 9. The summed E-state index contributed by atoms with van der Waals surface area (Å²) in [6.07, 6.45) is 1.62. The number of carbonyl (C=O) groups excluding carboxylic acids is 2. The quantitative estimate of drug-likeness (QED) is 0.345. The highest BCUT2D eigenvalue weighted by molar-refractivity contribution is 8.01. The normalized spacial score (nSPS) is 17.3. The lowest BCUT2D eigenvalue weighted by Gasteiger charge is -2.38. The van der Waals surface area contributed by atoms with Crippen LogP contribution < -0.4 is 16.0 Å². The van der Waals surface area contributed by atoms with Gasteiger partial charge >= 0.3 is 0 Å². The summed E-state index contributed by atoms with van der Waals surface area (Å²) in [5.74, 6) is -0.611. The van der Waals surface area contributed by atoms with Crippen molar-refractivity contribution in [3.05, 3.63) is 86.8 Å². The first-order valence-corrected chi connectivity index (χ1v) is 14.2. The molecule has 38 heavy (non-hydrogen) atoms. The van der Waals surface area contributed by atoms with E-state index in [4.69, 9.17) is 28.9 Å². The second-order valence-corrected chi connectivity index (χ2v) is 11.6. The topological polar surface area (TPSA) is 125 Å². The minimum atomic E-state index is -0.648. The van der Waals surface area contributed by atoms with Gasteiger partial charge < -0.3 is 11.1 Å². The van der Waals surface area contributed by atoms with Crippen molar-refractivity contribution in [3.8, 4) is 6.07 Å². The van der Waals surface area contributed by atoms with Gasteiger partial charge in [-0.15, -0.1) is 10.2 Å². The summed E-state index contributed by atoms with van der Waals surface area (Å²) < 4.78 is 0.546. The lowest BCUT2D eigenvalue weighted by Crippen LogP contribution is -2.38. The van der Waals surface area contributed by atoms with E-state index in [0.29, 0.717) is 61.3 Å². The molecule has 192 valence electrons. The molecule has 3 aromatic rings. The summed E-state index contributed by atoms with van der Waals surface area (Å²) in [4.78, 5) is 27.3. The Bertz CT molecular complexity index is 1540. The van der Waals surface area contributed by atoms with Crippen LogP contribution in [0.3, 0.4) is 0 Å². The number of hydrogen-bond donors (Lipinski definition) is 2. The summed E-state index contributed by atoms with van der Waals surface area (Å²) in [5, 5.41) is 22.8. The summed E-state index contributed by atoms with van der Waals surface area (Å²) in [6.45, 7) is 0. The molecular formula is C26H20Cl2N6O2S2. The molecule has 1 amide bonds. The molecule has 1 aromatic heterocycles. The Hall–Kier alpha value is -3.36. The van der Waals surface area contributed by atoms with Gasteiger partial charge in [0.05, 0.1) is 23.3 Å². The average molecular weight is 584 g/mol. The van der Waals surface area contributed by atoms with Crippen molar-refractivity contribution in [2.24, 2.45) is 5.73 Å². The van der Waals surface area contributed by atoms with Crippen LogP contribution in [0.1, 0.15) is 30.7 Å². The van der Waals surface area contributed by atoms with Crippen LogP contribution >= 0.6 is 46.3 Å². The van der Waals surface area contributed by atoms with Crippen molar-refractivity contribution in [2.45, 2.75) is 29.5 Å². The predicted molar refractivity (Wildman–Crippen MR) is 150 cm³/mol. The summed E-state index contributed by atoms with van der Waals surface area (Å²) in [5.41, 5.74) is 9.29. The molecule has 1 aliphatic carbocycles. The molecule has 0 spiro atoms. The second kappa shape index (κ2) is 11.2. The van der Waals surface area contributed by atoms with E-state index >= 15 is 0 Å². The van der Waals surface area contributed by atoms with E-state index in [1.807, 2.05) is 12.1 Å². The number of benzene rings is 2. The Kier molecular flexibility index (Phi) is 7.72. The van der Waals surface area contributed by atoms with Crippen LogP contribution in [0.4, 0.5) is 10.8 Å². The van der Waals surface area contributed by atoms with Crippen molar-refractivity contribution in [1.82, 2.24) is 10.2 Å². The number of rotatable bonds is 6. The van der Waals surface area contributed by atoms with E-state index in [1.165, 1.54) is 23.1 Å². The molecule has 0 fully saturated rings. The number of aromatic nitrogens is 2. The largest absolute Gasteiger partial charge is 0.384 e. The molecule has 8 nitrogen and oxygen atoms in total. The highest BCUT2D eigenvalue weighted by atomic mass is 35.5. The molecule has 3 N–H and O–H groups in total. The minimum Gasteiger partial charge on any atom is -0.384 e. The number of thioether (sulfide) groups is 1. The fourth-order valence-electron chi connectivity index (χ4n) is 4.57. The fraction of sp³-hybridized carbons (Fsp3) is 0.192. The van der Waals surface area contributed by atoms with Crippen molar-refractivity contribution < 1.29 is 9.59 Å². The van der Waals surface area contributed by atoms with Crippen LogP contribution in [0.15, 0.2) is 75.5 Å². The number of halogens is 2. The lowest BCUT2D eigenvalue weighted by atomic mass is 9.76. The molecule has 0 saturated heterocycles. The maximum atomic E-state index is 13.2. The summed E-state index contributed by atoms with van der Waals surface area (Å²) in [6, 6.07) is 16.3. The van der Waals surface area contributed by atoms with Gasteiger partial charge in [0.2, 0.25) is 11.0 Å². The number of nitriles is 1. The molecule has 2 aromatic carbocycles. The summed E-state index contributed by atoms with van der Waals surface area (Å²) in [7, 11) is 0. The van der Waals surface area contributed by atoms with Gasteiger partial charge in [-0.1, -0.05) is 70.6 Å². The van der Waals surface area contributed by atoms with Crippen LogP contribution in [-0.2, 0) is 9.59 Å². The Balaban J connectivity index is 1.43. The third-order valence-electron chi connectivity index (χ3n) is 6.15. The molecule has 0 bridgehead atoms. The average Bonchev–Trinajstić information content (AvgIpc) is 3.36. The van der Waals surface area contributed by atoms with E-state index in [1.54, 1.807) is 41.3 Å². The van der Waals surface area contributed by atoms with Gasteiger partial charge in [0.25, 0.3) is 0 Å². The molecule has 2 heterocycles. The number of Topliss-reactive ketones (excluding diaryl/α,β-unsaturated/α-hetero) is 1. The number of carbonyl (C=O) groups is 2. The molecule has 0 saturated carbocycles. The molecule has 0 radical (unpaired) electrons. The molecule has 1 atom stereocenters. The number of anilines is 2. The van der Waals surface area contributed by atoms with Crippen LogP contribution in [0.5, 0.6) is 0 Å². The minimum absolute atomic E-state index is 0.0433. The van der Waals surface area contributed by atoms with E-state index in [2.05, 4.69) is 21.6 Å². The molecule has 12 heteroatoms. The number of amides is 1. The Morgan fingerprint density at radius 1 is 1.21 bits per heavy atom. The van der Waals surface area contributed by atoms with Gasteiger partial charge in [-0.25, -0.2) is 0 Å². The van der Waals surface area contributed by atoms with E-state index in [-0.39, 0.29) is 28.8 Å². The maximum Gasteiger partial charge on any atom is 0.234 e. The van der Waals surface area contributed by atoms with Gasteiger partial charge in [-0.05, 0) is 42.7 Å². The van der Waals surface area contributed by atoms with E-state index in [9.17, 15) is 14.9 Å². The first kappa shape index (κ1) is 26.3. The van der Waals surface area contributed by atoms with Crippen LogP contribution in [-0.4, -0.2) is 27.6 Å². The number of nitrogens with two attached hydrogens (primary N) is 1. The first-order chi connectivity index (χ1) is 18.4. The van der Waals surface area contributed by atoms with Crippen molar-refractivity contribution in [2.75, 3.05) is 16.0 Å². The van der Waals surface area contributed by atoms with Crippen molar-refractivity contribution in [1.29, 1.82) is 5.26 Å². The lowest BCUT2D eigenvalue weighted by molar-refractivity contribution is -0.116. The van der Waals surface area contributed by atoms with Gasteiger partial charge in [0.1, 0.15) is 5.82 Å². The van der Waals surface area contributed by atoms with E-state index < -0.39 is 5.92 Å². The van der Waals surface area contributed by atoms with Gasteiger partial charge in [-0.3, -0.25) is 14.5 Å². The molecule has 2 aliphatic rings. The Morgan fingerprint density at radius 3 is 2.79 bits per heavy atom.